The van der Waals surface area contributed by atoms with Crippen LogP contribution in [0.1, 0.15) is 11.8 Å². The second-order valence-electron chi connectivity index (χ2n) is 3.72. The van der Waals surface area contributed by atoms with Gasteiger partial charge in [0.1, 0.15) is 0 Å². The Bertz CT molecular complexity index is 248. The number of aliphatic hydroxyl groups is 1. The Morgan fingerprint density at radius 3 is 2.92 bits per heavy atom. The summed E-state index contributed by atoms with van der Waals surface area (Å²) in [5.74, 6) is 0. The number of β-amino-alcohol motifs (C(OH)–C–C–N with tert-alkyl or cyclic N) is 1. The third-order valence-electron chi connectivity index (χ3n) is 2.09. The highest BCUT2D eigenvalue weighted by Crippen LogP contribution is 2.23. The van der Waals surface area contributed by atoms with Gasteiger partial charge in [0.25, 0.3) is 0 Å². The van der Waals surface area contributed by atoms with Crippen LogP contribution in [0.15, 0.2) is 17.5 Å². The van der Waals surface area contributed by atoms with Gasteiger partial charge in [-0.15, -0.1) is 11.3 Å². The average molecular weight is 183 g/mol. The molecule has 0 bridgehead atoms. The third kappa shape index (κ3) is 1.68. The van der Waals surface area contributed by atoms with Crippen molar-refractivity contribution in [2.24, 2.45) is 0 Å². The first kappa shape index (κ1) is 8.23. The van der Waals surface area contributed by atoms with E-state index < -0.39 is 5.60 Å². The standard InChI is InChI=1S/C9H13NOS/c1-9(11)6-10(7-9)5-8-3-2-4-12-8/h2-4,11H,5-7H2,1H3. The molecule has 1 aliphatic heterocycles. The van der Waals surface area contributed by atoms with Gasteiger partial charge in [-0.2, -0.15) is 0 Å². The van der Waals surface area contributed by atoms with Crippen molar-refractivity contribution < 1.29 is 5.11 Å². The molecule has 1 saturated heterocycles. The molecule has 2 nitrogen and oxygen atoms in total. The van der Waals surface area contributed by atoms with Crippen LogP contribution in [0.2, 0.25) is 0 Å². The second-order valence-corrected chi connectivity index (χ2v) is 4.75. The molecule has 0 amide bonds. The predicted molar refractivity (Wildman–Crippen MR) is 50.2 cm³/mol. The molecule has 0 spiro atoms. The van der Waals surface area contributed by atoms with E-state index in [1.807, 2.05) is 6.92 Å². The molecular weight excluding hydrogens is 170 g/mol. The molecule has 2 heterocycles. The molecule has 1 N–H and O–H groups in total. The predicted octanol–water partition coefficient (Wildman–Crippen LogP) is 1.31. The van der Waals surface area contributed by atoms with E-state index in [2.05, 4.69) is 22.4 Å². The Morgan fingerprint density at radius 2 is 2.42 bits per heavy atom. The van der Waals surface area contributed by atoms with Gasteiger partial charge in [0, 0.05) is 24.5 Å². The molecule has 0 aromatic carbocycles. The molecule has 0 atom stereocenters. The summed E-state index contributed by atoms with van der Waals surface area (Å²) in [6.45, 7) is 4.50. The van der Waals surface area contributed by atoms with Crippen molar-refractivity contribution in [3.63, 3.8) is 0 Å². The zero-order chi connectivity index (χ0) is 8.60. The van der Waals surface area contributed by atoms with Crippen molar-refractivity contribution in [1.82, 2.24) is 4.90 Å². The minimum atomic E-state index is -0.433. The summed E-state index contributed by atoms with van der Waals surface area (Å²) < 4.78 is 0. The molecule has 0 aliphatic carbocycles. The maximum absolute atomic E-state index is 9.47. The summed E-state index contributed by atoms with van der Waals surface area (Å²) in [6.07, 6.45) is 0. The van der Waals surface area contributed by atoms with Crippen LogP contribution in [-0.2, 0) is 6.54 Å². The van der Waals surface area contributed by atoms with Crippen LogP contribution in [0.25, 0.3) is 0 Å². The quantitative estimate of drug-likeness (QED) is 0.747. The van der Waals surface area contributed by atoms with Gasteiger partial charge in [-0.1, -0.05) is 6.07 Å². The third-order valence-corrected chi connectivity index (χ3v) is 2.95. The highest BCUT2D eigenvalue weighted by atomic mass is 32.1. The van der Waals surface area contributed by atoms with Crippen molar-refractivity contribution in [3.8, 4) is 0 Å². The molecule has 1 aromatic rings. The summed E-state index contributed by atoms with van der Waals surface area (Å²) in [4.78, 5) is 3.64. The topological polar surface area (TPSA) is 23.5 Å². The zero-order valence-electron chi connectivity index (χ0n) is 7.16. The Labute approximate surface area is 76.4 Å². The molecule has 0 radical (unpaired) electrons. The largest absolute Gasteiger partial charge is 0.388 e. The van der Waals surface area contributed by atoms with Gasteiger partial charge in [-0.3, -0.25) is 4.90 Å². The summed E-state index contributed by atoms with van der Waals surface area (Å²) >= 11 is 1.78. The molecule has 12 heavy (non-hydrogen) atoms. The van der Waals surface area contributed by atoms with Gasteiger partial charge < -0.3 is 5.11 Å². The average Bonchev–Trinajstić information content (AvgIpc) is 2.35. The summed E-state index contributed by atoms with van der Waals surface area (Å²) in [6, 6.07) is 4.20. The van der Waals surface area contributed by atoms with Crippen LogP contribution >= 0.6 is 11.3 Å². The number of hydrogen-bond donors (Lipinski definition) is 1. The fraction of sp³-hybridized carbons (Fsp3) is 0.556. The van der Waals surface area contributed by atoms with Crippen molar-refractivity contribution in [2.75, 3.05) is 13.1 Å². The minimum absolute atomic E-state index is 0.433. The SMILES string of the molecule is CC1(O)CN(Cc2cccs2)C1. The molecule has 1 aliphatic rings. The Balaban J connectivity index is 1.84. The highest BCUT2D eigenvalue weighted by Gasteiger charge is 2.36. The number of thiophene rings is 1. The first-order chi connectivity index (χ1) is 5.66. The van der Waals surface area contributed by atoms with Crippen LogP contribution < -0.4 is 0 Å². The van der Waals surface area contributed by atoms with E-state index >= 15 is 0 Å². The van der Waals surface area contributed by atoms with Gasteiger partial charge in [-0.25, -0.2) is 0 Å². The monoisotopic (exact) mass is 183 g/mol. The van der Waals surface area contributed by atoms with Gasteiger partial charge in [-0.05, 0) is 18.4 Å². The minimum Gasteiger partial charge on any atom is -0.388 e. The molecular formula is C9H13NOS. The first-order valence-electron chi connectivity index (χ1n) is 4.13. The van der Waals surface area contributed by atoms with Gasteiger partial charge in [0.15, 0.2) is 0 Å². The summed E-state index contributed by atoms with van der Waals surface area (Å²) in [5, 5.41) is 11.6. The highest BCUT2D eigenvalue weighted by molar-refractivity contribution is 7.09. The molecule has 2 rings (SSSR count). The van der Waals surface area contributed by atoms with E-state index in [0.29, 0.717) is 0 Å². The van der Waals surface area contributed by atoms with Crippen LogP contribution in [0.3, 0.4) is 0 Å². The number of rotatable bonds is 2. The summed E-state index contributed by atoms with van der Waals surface area (Å²) in [5.41, 5.74) is -0.433. The second kappa shape index (κ2) is 2.83. The van der Waals surface area contributed by atoms with E-state index in [0.717, 1.165) is 19.6 Å². The van der Waals surface area contributed by atoms with E-state index in [9.17, 15) is 5.11 Å². The molecule has 3 heteroatoms. The maximum Gasteiger partial charge on any atom is 0.0872 e. The molecule has 1 aromatic heterocycles. The lowest BCUT2D eigenvalue weighted by atomic mass is 9.97. The van der Waals surface area contributed by atoms with Crippen molar-refractivity contribution in [2.45, 2.75) is 19.1 Å². The smallest absolute Gasteiger partial charge is 0.0872 e. The fourth-order valence-corrected chi connectivity index (χ4v) is 2.40. The molecule has 1 fully saturated rings. The van der Waals surface area contributed by atoms with Crippen molar-refractivity contribution in [3.05, 3.63) is 22.4 Å². The molecule has 66 valence electrons. The molecule has 0 saturated carbocycles. The number of likely N-dealkylation sites (tertiary alicyclic amines) is 1. The van der Waals surface area contributed by atoms with Gasteiger partial charge in [0.2, 0.25) is 0 Å². The maximum atomic E-state index is 9.47. The van der Waals surface area contributed by atoms with E-state index in [1.165, 1.54) is 4.88 Å². The Morgan fingerprint density at radius 1 is 1.67 bits per heavy atom. The number of nitrogens with zero attached hydrogens (tertiary/aromatic N) is 1. The van der Waals surface area contributed by atoms with Crippen LogP contribution in [0.5, 0.6) is 0 Å². The van der Waals surface area contributed by atoms with Crippen LogP contribution in [0, 0.1) is 0 Å². The first-order valence-corrected chi connectivity index (χ1v) is 5.01. The lowest BCUT2D eigenvalue weighted by Crippen LogP contribution is -2.59. The van der Waals surface area contributed by atoms with Gasteiger partial charge >= 0.3 is 0 Å². The fourth-order valence-electron chi connectivity index (χ4n) is 1.65. The van der Waals surface area contributed by atoms with Gasteiger partial charge in [0.05, 0.1) is 5.60 Å². The lowest BCUT2D eigenvalue weighted by molar-refractivity contribution is -0.0867. The van der Waals surface area contributed by atoms with E-state index in [4.69, 9.17) is 0 Å². The van der Waals surface area contributed by atoms with Crippen LogP contribution in [-0.4, -0.2) is 28.7 Å². The van der Waals surface area contributed by atoms with Crippen molar-refractivity contribution >= 4 is 11.3 Å². The summed E-state index contributed by atoms with van der Waals surface area (Å²) in [7, 11) is 0. The van der Waals surface area contributed by atoms with Crippen LogP contribution in [0.4, 0.5) is 0 Å². The normalized spacial score (nSPS) is 22.2. The van der Waals surface area contributed by atoms with E-state index in [-0.39, 0.29) is 0 Å². The number of hydrogen-bond acceptors (Lipinski definition) is 3. The Kier molecular flexibility index (Phi) is 1.94. The molecule has 0 unspecified atom stereocenters. The van der Waals surface area contributed by atoms with E-state index in [1.54, 1.807) is 11.3 Å². The Hall–Kier alpha value is -0.380. The zero-order valence-corrected chi connectivity index (χ0v) is 7.97. The van der Waals surface area contributed by atoms with Crippen molar-refractivity contribution in [1.29, 1.82) is 0 Å². The lowest BCUT2D eigenvalue weighted by Gasteiger charge is -2.44.